The zero-order valence-corrected chi connectivity index (χ0v) is 12.0. The lowest BCUT2D eigenvalue weighted by molar-refractivity contribution is 0.0690. The first-order valence-corrected chi connectivity index (χ1v) is 7.03. The number of hydrogen-bond acceptors (Lipinski definition) is 4. The monoisotopic (exact) mass is 297 g/mol. The first-order valence-electron chi connectivity index (χ1n) is 7.03. The number of amides is 1. The summed E-state index contributed by atoms with van der Waals surface area (Å²) in [4.78, 5) is 31.3. The number of carboxylic acid groups (broad SMARTS) is 1. The maximum atomic E-state index is 12.3. The van der Waals surface area contributed by atoms with Gasteiger partial charge in [-0.2, -0.15) is 0 Å². The Kier molecular flexibility index (Phi) is 3.58. The largest absolute Gasteiger partial charge is 0.477 e. The molecule has 0 unspecified atom stereocenters. The summed E-state index contributed by atoms with van der Waals surface area (Å²) in [5.74, 6) is -0.637. The van der Waals surface area contributed by atoms with Gasteiger partial charge in [0.1, 0.15) is 17.2 Å². The van der Waals surface area contributed by atoms with Crippen molar-refractivity contribution in [2.75, 3.05) is 5.32 Å². The van der Waals surface area contributed by atoms with Crippen LogP contribution in [0, 0.1) is 6.92 Å². The van der Waals surface area contributed by atoms with Crippen LogP contribution >= 0.6 is 0 Å². The standard InChI is InChI=1S/C16H15N3O3/c1-9-7-8-17-14(13(9)10-5-6-10)19-15(20)11-3-2-4-12(18-11)16(21)22/h2-4,7-8,10H,5-6H2,1H3,(H,21,22)(H,17,19,20). The van der Waals surface area contributed by atoms with Crippen molar-refractivity contribution < 1.29 is 14.7 Å². The molecule has 0 radical (unpaired) electrons. The SMILES string of the molecule is Cc1ccnc(NC(=O)c2cccc(C(=O)O)n2)c1C1CC1. The van der Waals surface area contributed by atoms with Gasteiger partial charge in [0.25, 0.3) is 5.91 Å². The smallest absolute Gasteiger partial charge is 0.354 e. The first-order chi connectivity index (χ1) is 10.6. The van der Waals surface area contributed by atoms with Crippen LogP contribution in [0.5, 0.6) is 0 Å². The predicted octanol–water partition coefficient (Wildman–Crippen LogP) is 2.61. The Bertz CT molecular complexity index is 754. The Morgan fingerprint density at radius 1 is 1.23 bits per heavy atom. The number of nitrogens with one attached hydrogen (secondary N) is 1. The minimum Gasteiger partial charge on any atom is -0.477 e. The fraction of sp³-hybridized carbons (Fsp3) is 0.250. The van der Waals surface area contributed by atoms with Gasteiger partial charge in [-0.05, 0) is 49.4 Å². The van der Waals surface area contributed by atoms with Gasteiger partial charge < -0.3 is 10.4 Å². The third kappa shape index (κ3) is 2.81. The fourth-order valence-corrected chi connectivity index (χ4v) is 2.41. The van der Waals surface area contributed by atoms with Crippen molar-refractivity contribution in [3.8, 4) is 0 Å². The van der Waals surface area contributed by atoms with Crippen LogP contribution in [-0.2, 0) is 0 Å². The highest BCUT2D eigenvalue weighted by atomic mass is 16.4. The van der Waals surface area contributed by atoms with E-state index in [1.807, 2.05) is 13.0 Å². The molecule has 1 saturated carbocycles. The second-order valence-corrected chi connectivity index (χ2v) is 5.33. The molecule has 1 amide bonds. The normalized spacial score (nSPS) is 13.7. The molecule has 2 N–H and O–H groups in total. The average Bonchev–Trinajstić information content (AvgIpc) is 3.32. The molecule has 0 aliphatic heterocycles. The van der Waals surface area contributed by atoms with Gasteiger partial charge in [-0.25, -0.2) is 14.8 Å². The van der Waals surface area contributed by atoms with Crippen molar-refractivity contribution in [1.82, 2.24) is 9.97 Å². The summed E-state index contributed by atoms with van der Waals surface area (Å²) in [7, 11) is 0. The predicted molar refractivity (Wildman–Crippen MR) is 80.1 cm³/mol. The summed E-state index contributed by atoms with van der Waals surface area (Å²) in [6, 6.07) is 6.25. The Balaban J connectivity index is 1.87. The number of aryl methyl sites for hydroxylation is 1. The lowest BCUT2D eigenvalue weighted by Gasteiger charge is -2.11. The minimum absolute atomic E-state index is 0.0601. The molecule has 1 aliphatic carbocycles. The first kappa shape index (κ1) is 14.2. The zero-order valence-electron chi connectivity index (χ0n) is 12.0. The van der Waals surface area contributed by atoms with Crippen LogP contribution in [0.25, 0.3) is 0 Å². The molecular formula is C16H15N3O3. The van der Waals surface area contributed by atoms with Crippen LogP contribution in [0.1, 0.15) is 50.9 Å². The third-order valence-electron chi connectivity index (χ3n) is 3.63. The van der Waals surface area contributed by atoms with Crippen molar-refractivity contribution in [2.45, 2.75) is 25.7 Å². The van der Waals surface area contributed by atoms with Gasteiger partial charge >= 0.3 is 5.97 Å². The number of carbonyl (C=O) groups is 2. The summed E-state index contributed by atoms with van der Waals surface area (Å²) >= 11 is 0. The van der Waals surface area contributed by atoms with Crippen molar-refractivity contribution >= 4 is 17.7 Å². The van der Waals surface area contributed by atoms with Gasteiger partial charge in [-0.3, -0.25) is 4.79 Å². The maximum Gasteiger partial charge on any atom is 0.354 e. The van der Waals surface area contributed by atoms with Gasteiger partial charge in [-0.1, -0.05) is 6.07 Å². The average molecular weight is 297 g/mol. The summed E-state index contributed by atoms with van der Waals surface area (Å²) in [5.41, 5.74) is 2.06. The van der Waals surface area contributed by atoms with Crippen molar-refractivity contribution in [2.24, 2.45) is 0 Å². The fourth-order valence-electron chi connectivity index (χ4n) is 2.41. The molecule has 1 aliphatic rings. The second-order valence-electron chi connectivity index (χ2n) is 5.33. The number of nitrogens with zero attached hydrogens (tertiary/aromatic N) is 2. The molecule has 1 fully saturated rings. The Labute approximate surface area is 127 Å². The number of pyridine rings is 2. The maximum absolute atomic E-state index is 12.3. The van der Waals surface area contributed by atoms with Crippen LogP contribution in [0.4, 0.5) is 5.82 Å². The Morgan fingerprint density at radius 2 is 1.95 bits per heavy atom. The molecule has 6 heteroatoms. The van der Waals surface area contributed by atoms with Crippen LogP contribution in [0.2, 0.25) is 0 Å². The number of anilines is 1. The quantitative estimate of drug-likeness (QED) is 0.905. The van der Waals surface area contributed by atoms with Crippen molar-refractivity contribution in [1.29, 1.82) is 0 Å². The number of carbonyl (C=O) groups excluding carboxylic acids is 1. The number of rotatable bonds is 4. The molecule has 3 rings (SSSR count). The lowest BCUT2D eigenvalue weighted by Crippen LogP contribution is -2.17. The molecule has 0 bridgehead atoms. The van der Waals surface area contributed by atoms with Crippen LogP contribution < -0.4 is 5.32 Å². The van der Waals surface area contributed by atoms with E-state index in [-0.39, 0.29) is 11.4 Å². The Hall–Kier alpha value is -2.76. The number of carboxylic acids is 1. The zero-order chi connectivity index (χ0) is 15.7. The van der Waals surface area contributed by atoms with Crippen LogP contribution in [0.3, 0.4) is 0 Å². The molecule has 2 aromatic rings. The summed E-state index contributed by atoms with van der Waals surface area (Å²) in [5, 5.41) is 11.7. The highest BCUT2D eigenvalue weighted by molar-refractivity contribution is 6.03. The van der Waals surface area contributed by atoms with E-state index in [2.05, 4.69) is 15.3 Å². The van der Waals surface area contributed by atoms with Crippen LogP contribution in [0.15, 0.2) is 30.5 Å². The van der Waals surface area contributed by atoms with E-state index in [1.165, 1.54) is 18.2 Å². The summed E-state index contributed by atoms with van der Waals surface area (Å²) in [6.07, 6.45) is 3.85. The van der Waals surface area contributed by atoms with E-state index in [4.69, 9.17) is 5.11 Å². The molecule has 0 aromatic carbocycles. The second kappa shape index (κ2) is 5.55. The molecule has 2 aromatic heterocycles. The third-order valence-corrected chi connectivity index (χ3v) is 3.63. The lowest BCUT2D eigenvalue weighted by atomic mass is 10.1. The number of hydrogen-bond donors (Lipinski definition) is 2. The Morgan fingerprint density at radius 3 is 2.64 bits per heavy atom. The highest BCUT2D eigenvalue weighted by Crippen LogP contribution is 2.44. The van der Waals surface area contributed by atoms with Crippen molar-refractivity contribution in [3.05, 3.63) is 53.0 Å². The molecule has 6 nitrogen and oxygen atoms in total. The molecular weight excluding hydrogens is 282 g/mol. The highest BCUT2D eigenvalue weighted by Gasteiger charge is 2.29. The molecule has 2 heterocycles. The van der Waals surface area contributed by atoms with Gasteiger partial charge in [0.05, 0.1) is 0 Å². The minimum atomic E-state index is -1.16. The van der Waals surface area contributed by atoms with Crippen molar-refractivity contribution in [3.63, 3.8) is 0 Å². The van der Waals surface area contributed by atoms with E-state index >= 15 is 0 Å². The number of aromatic carboxylic acids is 1. The van der Waals surface area contributed by atoms with Gasteiger partial charge in [0.2, 0.25) is 0 Å². The molecule has 0 spiro atoms. The van der Waals surface area contributed by atoms with Crippen LogP contribution in [-0.4, -0.2) is 27.0 Å². The van der Waals surface area contributed by atoms with E-state index in [0.29, 0.717) is 11.7 Å². The van der Waals surface area contributed by atoms with E-state index in [0.717, 1.165) is 24.0 Å². The van der Waals surface area contributed by atoms with E-state index in [9.17, 15) is 9.59 Å². The summed E-state index contributed by atoms with van der Waals surface area (Å²) < 4.78 is 0. The summed E-state index contributed by atoms with van der Waals surface area (Å²) in [6.45, 7) is 1.99. The van der Waals surface area contributed by atoms with E-state index in [1.54, 1.807) is 6.20 Å². The molecule has 0 atom stereocenters. The topological polar surface area (TPSA) is 92.2 Å². The molecule has 112 valence electrons. The van der Waals surface area contributed by atoms with Gasteiger partial charge in [0.15, 0.2) is 0 Å². The van der Waals surface area contributed by atoms with E-state index < -0.39 is 11.9 Å². The van der Waals surface area contributed by atoms with Gasteiger partial charge in [-0.15, -0.1) is 0 Å². The molecule has 0 saturated heterocycles. The van der Waals surface area contributed by atoms with Gasteiger partial charge in [0, 0.05) is 11.8 Å². The molecule has 22 heavy (non-hydrogen) atoms. The number of aromatic nitrogens is 2.